The number of thioether (sulfide) groups is 1. The zero-order valence-electron chi connectivity index (χ0n) is 13.9. The summed E-state index contributed by atoms with van der Waals surface area (Å²) in [4.78, 5) is 21.6. The first kappa shape index (κ1) is 17.7. The molecule has 0 spiro atoms. The van der Waals surface area contributed by atoms with Crippen molar-refractivity contribution in [1.29, 1.82) is 0 Å². The molecule has 3 aromatic rings. The van der Waals surface area contributed by atoms with Crippen molar-refractivity contribution in [1.82, 2.24) is 19.7 Å². The van der Waals surface area contributed by atoms with E-state index in [-0.39, 0.29) is 11.5 Å². The van der Waals surface area contributed by atoms with Crippen LogP contribution in [0.4, 0.5) is 0 Å². The topological polar surface area (TPSA) is 73.8 Å². The molecule has 0 saturated heterocycles. The molecule has 25 heavy (non-hydrogen) atoms. The monoisotopic (exact) mass is 376 g/mol. The molecule has 0 saturated carbocycles. The SMILES string of the molecule is C=CCn1c(SCc2nc(C(C)C)no2)nc2cc(Cl)ccc2c1=O. The molecule has 0 aliphatic rings. The van der Waals surface area contributed by atoms with Gasteiger partial charge in [0.25, 0.3) is 5.56 Å². The number of benzene rings is 1. The van der Waals surface area contributed by atoms with Crippen molar-refractivity contribution in [2.24, 2.45) is 0 Å². The highest BCUT2D eigenvalue weighted by atomic mass is 35.5. The van der Waals surface area contributed by atoms with Crippen LogP contribution in [-0.4, -0.2) is 19.7 Å². The summed E-state index contributed by atoms with van der Waals surface area (Å²) in [7, 11) is 0. The quantitative estimate of drug-likeness (QED) is 0.367. The number of hydrogen-bond donors (Lipinski definition) is 0. The van der Waals surface area contributed by atoms with Gasteiger partial charge in [-0.05, 0) is 18.2 Å². The molecule has 0 amide bonds. The number of fused-ring (bicyclic) bond motifs is 1. The summed E-state index contributed by atoms with van der Waals surface area (Å²) in [6.45, 7) is 8.08. The number of aromatic nitrogens is 4. The Morgan fingerprint density at radius 3 is 2.88 bits per heavy atom. The molecule has 6 nitrogen and oxygen atoms in total. The third-order valence-electron chi connectivity index (χ3n) is 3.52. The van der Waals surface area contributed by atoms with Gasteiger partial charge in [0.1, 0.15) is 0 Å². The highest BCUT2D eigenvalue weighted by Crippen LogP contribution is 2.23. The van der Waals surface area contributed by atoms with Crippen molar-refractivity contribution >= 4 is 34.3 Å². The molecule has 8 heteroatoms. The van der Waals surface area contributed by atoms with Crippen LogP contribution in [0.1, 0.15) is 31.5 Å². The molecule has 2 aromatic heterocycles. The molecular formula is C17H17ClN4O2S. The van der Waals surface area contributed by atoms with E-state index in [0.717, 1.165) is 0 Å². The Balaban J connectivity index is 1.96. The molecular weight excluding hydrogens is 360 g/mol. The molecule has 0 aliphatic carbocycles. The van der Waals surface area contributed by atoms with E-state index in [1.165, 1.54) is 11.8 Å². The lowest BCUT2D eigenvalue weighted by atomic mass is 10.2. The van der Waals surface area contributed by atoms with E-state index in [1.807, 2.05) is 13.8 Å². The van der Waals surface area contributed by atoms with Gasteiger partial charge in [-0.1, -0.05) is 48.4 Å². The molecule has 0 atom stereocenters. The van der Waals surface area contributed by atoms with Gasteiger partial charge in [0.2, 0.25) is 5.89 Å². The van der Waals surface area contributed by atoms with Crippen molar-refractivity contribution in [2.75, 3.05) is 0 Å². The minimum absolute atomic E-state index is 0.127. The largest absolute Gasteiger partial charge is 0.338 e. The van der Waals surface area contributed by atoms with Gasteiger partial charge in [-0.15, -0.1) is 6.58 Å². The molecule has 0 radical (unpaired) electrons. The minimum atomic E-state index is -0.127. The van der Waals surface area contributed by atoms with Gasteiger partial charge in [0, 0.05) is 17.5 Å². The second kappa shape index (κ2) is 7.41. The maximum Gasteiger partial charge on any atom is 0.262 e. The zero-order valence-corrected chi connectivity index (χ0v) is 15.5. The lowest BCUT2D eigenvalue weighted by Gasteiger charge is -2.10. The summed E-state index contributed by atoms with van der Waals surface area (Å²) < 4.78 is 6.82. The number of allylic oxidation sites excluding steroid dienone is 1. The molecule has 0 bridgehead atoms. The molecule has 1 aromatic carbocycles. The fraction of sp³-hybridized carbons (Fsp3) is 0.294. The van der Waals surface area contributed by atoms with E-state index < -0.39 is 0 Å². The van der Waals surface area contributed by atoms with E-state index in [0.29, 0.717) is 45.1 Å². The van der Waals surface area contributed by atoms with E-state index >= 15 is 0 Å². The second-order valence-corrected chi connectivity index (χ2v) is 7.13. The summed E-state index contributed by atoms with van der Waals surface area (Å²) in [6, 6.07) is 5.06. The fourth-order valence-electron chi connectivity index (χ4n) is 2.26. The van der Waals surface area contributed by atoms with E-state index in [2.05, 4.69) is 21.7 Å². The van der Waals surface area contributed by atoms with Crippen molar-refractivity contribution in [3.63, 3.8) is 0 Å². The molecule has 0 fully saturated rings. The van der Waals surface area contributed by atoms with Crippen LogP contribution < -0.4 is 5.56 Å². The third-order valence-corrected chi connectivity index (χ3v) is 4.72. The van der Waals surface area contributed by atoms with Gasteiger partial charge >= 0.3 is 0 Å². The van der Waals surface area contributed by atoms with Crippen LogP contribution >= 0.6 is 23.4 Å². The van der Waals surface area contributed by atoms with Crippen molar-refractivity contribution in [2.45, 2.75) is 37.2 Å². The van der Waals surface area contributed by atoms with Gasteiger partial charge in [0.05, 0.1) is 16.7 Å². The first-order valence-corrected chi connectivity index (χ1v) is 9.12. The molecule has 0 aliphatic heterocycles. The summed E-state index contributed by atoms with van der Waals surface area (Å²) in [5.41, 5.74) is 0.436. The number of nitrogens with zero attached hydrogens (tertiary/aromatic N) is 4. The van der Waals surface area contributed by atoms with E-state index in [1.54, 1.807) is 28.8 Å². The average Bonchev–Trinajstić information content (AvgIpc) is 3.05. The maximum absolute atomic E-state index is 12.7. The van der Waals surface area contributed by atoms with Gasteiger partial charge in [-0.2, -0.15) is 4.98 Å². The minimum Gasteiger partial charge on any atom is -0.338 e. The van der Waals surface area contributed by atoms with Gasteiger partial charge < -0.3 is 4.52 Å². The molecule has 3 rings (SSSR count). The number of halogens is 1. The molecule has 0 unspecified atom stereocenters. The molecule has 0 N–H and O–H groups in total. The zero-order chi connectivity index (χ0) is 18.0. The van der Waals surface area contributed by atoms with Crippen LogP contribution in [0.15, 0.2) is 45.3 Å². The van der Waals surface area contributed by atoms with Crippen LogP contribution in [-0.2, 0) is 12.3 Å². The average molecular weight is 377 g/mol. The lowest BCUT2D eigenvalue weighted by Crippen LogP contribution is -2.22. The summed E-state index contributed by atoms with van der Waals surface area (Å²) >= 11 is 7.39. The van der Waals surface area contributed by atoms with Crippen LogP contribution in [0.5, 0.6) is 0 Å². The normalized spacial score (nSPS) is 11.4. The van der Waals surface area contributed by atoms with Gasteiger partial charge in [-0.3, -0.25) is 9.36 Å². The first-order valence-electron chi connectivity index (χ1n) is 7.76. The number of hydrogen-bond acceptors (Lipinski definition) is 6. The van der Waals surface area contributed by atoms with E-state index in [4.69, 9.17) is 16.1 Å². The Labute approximate surface area is 153 Å². The highest BCUT2D eigenvalue weighted by Gasteiger charge is 2.14. The Bertz CT molecular complexity index is 980. The first-order chi connectivity index (χ1) is 12.0. The van der Waals surface area contributed by atoms with Crippen LogP contribution in [0, 0.1) is 0 Å². The predicted molar refractivity (Wildman–Crippen MR) is 99.2 cm³/mol. The smallest absolute Gasteiger partial charge is 0.262 e. The Morgan fingerprint density at radius 1 is 1.40 bits per heavy atom. The van der Waals surface area contributed by atoms with Crippen molar-refractivity contribution in [3.05, 3.63) is 57.9 Å². The standard InChI is InChI=1S/C17H17ClN4O2S/c1-4-7-22-16(23)12-6-5-11(18)8-13(12)19-17(22)25-9-14-20-15(10(2)3)21-24-14/h4-6,8,10H,1,7,9H2,2-3H3. The van der Waals surface area contributed by atoms with Gasteiger partial charge in [-0.25, -0.2) is 4.98 Å². The maximum atomic E-state index is 12.7. The van der Waals surface area contributed by atoms with Gasteiger partial charge in [0.15, 0.2) is 11.0 Å². The third kappa shape index (κ3) is 3.77. The van der Waals surface area contributed by atoms with Crippen molar-refractivity contribution < 1.29 is 4.52 Å². The van der Waals surface area contributed by atoms with Crippen LogP contribution in [0.2, 0.25) is 5.02 Å². The van der Waals surface area contributed by atoms with E-state index in [9.17, 15) is 4.79 Å². The summed E-state index contributed by atoms with van der Waals surface area (Å²) in [6.07, 6.45) is 1.67. The predicted octanol–water partition coefficient (Wildman–Crippen LogP) is 4.03. The van der Waals surface area contributed by atoms with Crippen LogP contribution in [0.3, 0.4) is 0 Å². The molecule has 2 heterocycles. The summed E-state index contributed by atoms with van der Waals surface area (Å²) in [5.74, 6) is 1.79. The van der Waals surface area contributed by atoms with Crippen LogP contribution in [0.25, 0.3) is 10.9 Å². The Kier molecular flexibility index (Phi) is 5.24. The Morgan fingerprint density at radius 2 is 2.20 bits per heavy atom. The Hall–Kier alpha value is -2.12. The highest BCUT2D eigenvalue weighted by molar-refractivity contribution is 7.98. The second-order valence-electron chi connectivity index (χ2n) is 5.75. The molecule has 130 valence electrons. The number of rotatable bonds is 6. The van der Waals surface area contributed by atoms with Crippen molar-refractivity contribution in [3.8, 4) is 0 Å². The fourth-order valence-corrected chi connectivity index (χ4v) is 3.27. The lowest BCUT2D eigenvalue weighted by molar-refractivity contribution is 0.382. The summed E-state index contributed by atoms with van der Waals surface area (Å²) in [5, 5.41) is 5.56.